The average molecular weight is 345 g/mol. The van der Waals surface area contributed by atoms with Crippen LogP contribution in [-0.2, 0) is 11.3 Å². The van der Waals surface area contributed by atoms with Gasteiger partial charge in [0.2, 0.25) is 0 Å². The zero-order chi connectivity index (χ0) is 17.9. The molecule has 0 aliphatic rings. The number of imidazole rings is 1. The van der Waals surface area contributed by atoms with Crippen LogP contribution in [0.1, 0.15) is 17.4 Å². The number of aromatic nitrogens is 4. The van der Waals surface area contributed by atoms with Gasteiger partial charge in [-0.1, -0.05) is 42.5 Å². The lowest BCUT2D eigenvalue weighted by molar-refractivity contribution is -0.133. The van der Waals surface area contributed by atoms with Gasteiger partial charge in [0, 0.05) is 19.4 Å². The molecule has 0 unspecified atom stereocenters. The minimum absolute atomic E-state index is 0.0413. The Morgan fingerprint density at radius 2 is 1.88 bits per heavy atom. The van der Waals surface area contributed by atoms with Crippen molar-refractivity contribution in [1.82, 2.24) is 24.6 Å². The van der Waals surface area contributed by atoms with Crippen LogP contribution in [0.3, 0.4) is 0 Å². The molecule has 0 bridgehead atoms. The molecule has 6 nitrogen and oxygen atoms in total. The number of aromatic amines is 1. The maximum absolute atomic E-state index is 13.2. The summed E-state index contributed by atoms with van der Waals surface area (Å²) in [6, 6.07) is 18.8. The Kier molecular flexibility index (Phi) is 4.23. The lowest BCUT2D eigenvalue weighted by Gasteiger charge is -2.23. The Morgan fingerprint density at radius 1 is 1.12 bits per heavy atom. The largest absolute Gasteiger partial charge is 0.340 e. The lowest BCUT2D eigenvalue weighted by Crippen LogP contribution is -2.35. The highest BCUT2D eigenvalue weighted by Gasteiger charge is 2.26. The number of amides is 1. The lowest BCUT2D eigenvalue weighted by atomic mass is 10.1. The van der Waals surface area contributed by atoms with E-state index in [0.717, 1.165) is 22.4 Å². The van der Waals surface area contributed by atoms with E-state index in [1.165, 1.54) is 0 Å². The molecule has 26 heavy (non-hydrogen) atoms. The van der Waals surface area contributed by atoms with Crippen molar-refractivity contribution in [3.05, 3.63) is 84.4 Å². The van der Waals surface area contributed by atoms with Gasteiger partial charge >= 0.3 is 0 Å². The first kappa shape index (κ1) is 16.1. The molecule has 6 heteroatoms. The molecule has 0 aliphatic carbocycles. The van der Waals surface area contributed by atoms with Crippen LogP contribution >= 0.6 is 0 Å². The predicted molar refractivity (Wildman–Crippen MR) is 99.4 cm³/mol. The van der Waals surface area contributed by atoms with Gasteiger partial charge in [0.25, 0.3) is 5.91 Å². The average Bonchev–Trinajstić information content (AvgIpc) is 3.32. The second-order valence-electron chi connectivity index (χ2n) is 6.19. The van der Waals surface area contributed by atoms with Crippen LogP contribution in [0.5, 0.6) is 0 Å². The summed E-state index contributed by atoms with van der Waals surface area (Å²) in [7, 11) is 1.79. The minimum atomic E-state index is -0.499. The molecule has 2 aromatic heterocycles. The molecule has 0 saturated heterocycles. The molecule has 0 saturated carbocycles. The molecule has 4 rings (SSSR count). The first-order chi connectivity index (χ1) is 12.7. The van der Waals surface area contributed by atoms with Gasteiger partial charge in [-0.2, -0.15) is 5.10 Å². The Hall–Kier alpha value is -3.41. The Morgan fingerprint density at radius 3 is 2.62 bits per heavy atom. The fourth-order valence-corrected chi connectivity index (χ4v) is 3.07. The van der Waals surface area contributed by atoms with Crippen molar-refractivity contribution in [2.24, 2.45) is 0 Å². The van der Waals surface area contributed by atoms with Crippen molar-refractivity contribution in [2.45, 2.75) is 12.6 Å². The zero-order valence-corrected chi connectivity index (χ0v) is 14.4. The topological polar surface area (TPSA) is 66.8 Å². The smallest absolute Gasteiger partial charge is 0.252 e. The fourth-order valence-electron chi connectivity index (χ4n) is 3.07. The maximum atomic E-state index is 13.2. The molecule has 2 aromatic carbocycles. The zero-order valence-electron chi connectivity index (χ0n) is 14.4. The second-order valence-corrected chi connectivity index (χ2v) is 6.19. The van der Waals surface area contributed by atoms with Gasteiger partial charge in [0.1, 0.15) is 5.82 Å². The summed E-state index contributed by atoms with van der Waals surface area (Å²) < 4.78 is 1.69. The van der Waals surface area contributed by atoms with Crippen molar-refractivity contribution in [2.75, 3.05) is 7.05 Å². The van der Waals surface area contributed by atoms with E-state index in [9.17, 15) is 4.79 Å². The number of rotatable bonds is 5. The normalized spacial score (nSPS) is 12.2. The molecule has 0 fully saturated rings. The summed E-state index contributed by atoms with van der Waals surface area (Å²) in [4.78, 5) is 22.7. The van der Waals surface area contributed by atoms with E-state index in [1.54, 1.807) is 22.8 Å². The number of hydrogen-bond acceptors (Lipinski definition) is 3. The predicted octanol–water partition coefficient (Wildman–Crippen LogP) is 3.01. The summed E-state index contributed by atoms with van der Waals surface area (Å²) in [6.07, 6.45) is 3.49. The van der Waals surface area contributed by atoms with Crippen LogP contribution in [0.4, 0.5) is 0 Å². The first-order valence-electron chi connectivity index (χ1n) is 8.45. The number of carbonyl (C=O) groups excluding carboxylic acids is 1. The highest BCUT2D eigenvalue weighted by atomic mass is 16.2. The minimum Gasteiger partial charge on any atom is -0.340 e. The van der Waals surface area contributed by atoms with Crippen LogP contribution in [0.2, 0.25) is 0 Å². The summed E-state index contributed by atoms with van der Waals surface area (Å²) in [5.41, 5.74) is 2.77. The molecule has 1 N–H and O–H groups in total. The number of benzene rings is 2. The summed E-state index contributed by atoms with van der Waals surface area (Å²) in [6.45, 7) is 0.401. The number of hydrogen-bond donors (Lipinski definition) is 1. The molecule has 1 amide bonds. The maximum Gasteiger partial charge on any atom is 0.252 e. The van der Waals surface area contributed by atoms with Gasteiger partial charge in [-0.05, 0) is 23.8 Å². The molecule has 4 aromatic rings. The van der Waals surface area contributed by atoms with E-state index < -0.39 is 6.04 Å². The standard InChI is InChI=1S/C20H19N5O/c1-24(14-18-22-16-10-5-6-11-17(16)23-18)20(26)19(25-13-7-12-21-25)15-8-3-2-4-9-15/h2-13,19H,14H2,1H3,(H,22,23)/t19-/m0/s1. The number of para-hydroxylation sites is 2. The third-order valence-electron chi connectivity index (χ3n) is 4.34. The summed E-state index contributed by atoms with van der Waals surface area (Å²) in [5, 5.41) is 4.28. The van der Waals surface area contributed by atoms with Crippen LogP contribution in [0.25, 0.3) is 11.0 Å². The van der Waals surface area contributed by atoms with E-state index in [-0.39, 0.29) is 5.91 Å². The highest BCUT2D eigenvalue weighted by molar-refractivity contribution is 5.83. The number of nitrogens with one attached hydrogen (secondary N) is 1. The number of likely N-dealkylation sites (N-methyl/N-ethyl adjacent to an activating group) is 1. The van der Waals surface area contributed by atoms with Crippen LogP contribution in [0, 0.1) is 0 Å². The molecule has 0 spiro atoms. The van der Waals surface area contributed by atoms with Gasteiger partial charge in [0.05, 0.1) is 17.6 Å². The number of H-pyrrole nitrogens is 1. The van der Waals surface area contributed by atoms with E-state index in [2.05, 4.69) is 15.1 Å². The number of fused-ring (bicyclic) bond motifs is 1. The van der Waals surface area contributed by atoms with Gasteiger partial charge in [0.15, 0.2) is 6.04 Å². The third kappa shape index (κ3) is 3.09. The fraction of sp³-hybridized carbons (Fsp3) is 0.150. The Balaban J connectivity index is 1.60. The summed E-state index contributed by atoms with van der Waals surface area (Å²) >= 11 is 0. The van der Waals surface area contributed by atoms with E-state index in [1.807, 2.05) is 66.9 Å². The monoisotopic (exact) mass is 345 g/mol. The van der Waals surface area contributed by atoms with E-state index in [0.29, 0.717) is 6.54 Å². The van der Waals surface area contributed by atoms with Crippen molar-refractivity contribution >= 4 is 16.9 Å². The van der Waals surface area contributed by atoms with Crippen LogP contribution < -0.4 is 0 Å². The van der Waals surface area contributed by atoms with Gasteiger partial charge in [-0.3, -0.25) is 9.48 Å². The molecule has 130 valence electrons. The van der Waals surface area contributed by atoms with Gasteiger partial charge in [-0.15, -0.1) is 0 Å². The quantitative estimate of drug-likeness (QED) is 0.605. The van der Waals surface area contributed by atoms with Gasteiger partial charge < -0.3 is 9.88 Å². The SMILES string of the molecule is CN(Cc1nc2ccccc2[nH]1)C(=O)[C@H](c1ccccc1)n1cccn1. The van der Waals surface area contributed by atoms with E-state index in [4.69, 9.17) is 0 Å². The third-order valence-corrected chi connectivity index (χ3v) is 4.34. The highest BCUT2D eigenvalue weighted by Crippen LogP contribution is 2.21. The molecule has 0 radical (unpaired) electrons. The molecular formula is C20H19N5O. The molecule has 1 atom stereocenters. The summed E-state index contributed by atoms with van der Waals surface area (Å²) in [5.74, 6) is 0.717. The molecular weight excluding hydrogens is 326 g/mol. The van der Waals surface area contributed by atoms with Crippen molar-refractivity contribution < 1.29 is 4.79 Å². The van der Waals surface area contributed by atoms with Crippen LogP contribution in [0.15, 0.2) is 73.1 Å². The molecule has 0 aliphatic heterocycles. The molecule has 2 heterocycles. The van der Waals surface area contributed by atoms with Crippen LogP contribution in [-0.4, -0.2) is 37.6 Å². The Labute approximate surface area is 151 Å². The number of carbonyl (C=O) groups is 1. The number of nitrogens with zero attached hydrogens (tertiary/aromatic N) is 4. The van der Waals surface area contributed by atoms with Crippen molar-refractivity contribution in [3.63, 3.8) is 0 Å². The van der Waals surface area contributed by atoms with Gasteiger partial charge in [-0.25, -0.2) is 4.98 Å². The van der Waals surface area contributed by atoms with E-state index >= 15 is 0 Å². The Bertz CT molecular complexity index is 974. The van der Waals surface area contributed by atoms with Crippen molar-refractivity contribution in [3.8, 4) is 0 Å². The van der Waals surface area contributed by atoms with Crippen molar-refractivity contribution in [1.29, 1.82) is 0 Å². The first-order valence-corrected chi connectivity index (χ1v) is 8.45. The second kappa shape index (κ2) is 6.84.